The molecule has 0 atom stereocenters. The van der Waals surface area contributed by atoms with Crippen molar-refractivity contribution in [3.63, 3.8) is 0 Å². The van der Waals surface area contributed by atoms with Gasteiger partial charge in [0.05, 0.1) is 18.2 Å². The SMILES string of the molecule is COC(=O)c1cnc2c(Br)cc(C)cc2c1. The molecule has 0 saturated carbocycles. The van der Waals surface area contributed by atoms with Crippen molar-refractivity contribution in [3.8, 4) is 0 Å². The van der Waals surface area contributed by atoms with E-state index in [-0.39, 0.29) is 5.97 Å². The number of halogens is 1. The van der Waals surface area contributed by atoms with E-state index in [1.807, 2.05) is 19.1 Å². The summed E-state index contributed by atoms with van der Waals surface area (Å²) in [7, 11) is 1.36. The lowest BCUT2D eigenvalue weighted by atomic mass is 10.1. The van der Waals surface area contributed by atoms with Gasteiger partial charge in [-0.25, -0.2) is 4.79 Å². The minimum Gasteiger partial charge on any atom is -0.465 e. The average Bonchev–Trinajstić information content (AvgIpc) is 2.27. The Bertz CT molecular complexity index is 566. The fourth-order valence-corrected chi connectivity index (χ4v) is 2.27. The summed E-state index contributed by atoms with van der Waals surface area (Å²) in [5.41, 5.74) is 2.42. The van der Waals surface area contributed by atoms with Gasteiger partial charge >= 0.3 is 5.97 Å². The van der Waals surface area contributed by atoms with Gasteiger partial charge in [-0.1, -0.05) is 0 Å². The summed E-state index contributed by atoms with van der Waals surface area (Å²) in [6.45, 7) is 2.00. The smallest absolute Gasteiger partial charge is 0.339 e. The van der Waals surface area contributed by atoms with Crippen molar-refractivity contribution in [1.82, 2.24) is 4.98 Å². The van der Waals surface area contributed by atoms with E-state index in [0.29, 0.717) is 5.56 Å². The van der Waals surface area contributed by atoms with E-state index < -0.39 is 0 Å². The summed E-state index contributed by atoms with van der Waals surface area (Å²) in [5, 5.41) is 0.926. The van der Waals surface area contributed by atoms with E-state index in [9.17, 15) is 4.79 Å². The van der Waals surface area contributed by atoms with Gasteiger partial charge in [-0.3, -0.25) is 4.98 Å². The maximum atomic E-state index is 11.4. The number of carbonyl (C=O) groups is 1. The molecule has 0 aliphatic carbocycles. The number of hydrogen-bond acceptors (Lipinski definition) is 3. The van der Waals surface area contributed by atoms with Gasteiger partial charge in [-0.2, -0.15) is 0 Å². The van der Waals surface area contributed by atoms with Gasteiger partial charge in [-0.15, -0.1) is 0 Å². The Balaban J connectivity index is 2.66. The predicted octanol–water partition coefficient (Wildman–Crippen LogP) is 3.09. The van der Waals surface area contributed by atoms with Gasteiger partial charge in [0.25, 0.3) is 0 Å². The number of rotatable bonds is 1. The maximum absolute atomic E-state index is 11.4. The van der Waals surface area contributed by atoms with Crippen LogP contribution in [0.4, 0.5) is 0 Å². The molecule has 1 heterocycles. The summed E-state index contributed by atoms with van der Waals surface area (Å²) in [4.78, 5) is 15.6. The van der Waals surface area contributed by atoms with E-state index in [0.717, 1.165) is 20.9 Å². The molecule has 0 radical (unpaired) electrons. The molecular weight excluding hydrogens is 270 g/mol. The second-order valence-electron chi connectivity index (χ2n) is 3.53. The minimum atomic E-state index is -0.368. The number of methoxy groups -OCH3 is 1. The Hall–Kier alpha value is -1.42. The van der Waals surface area contributed by atoms with Crippen LogP contribution in [0.5, 0.6) is 0 Å². The first-order valence-corrected chi connectivity index (χ1v) is 5.55. The summed E-state index contributed by atoms with van der Waals surface area (Å²) >= 11 is 3.45. The van der Waals surface area contributed by atoms with Gasteiger partial charge in [0.1, 0.15) is 0 Å². The third-order valence-corrected chi connectivity index (χ3v) is 2.91. The van der Waals surface area contributed by atoms with Gasteiger partial charge in [0.15, 0.2) is 0 Å². The highest BCUT2D eigenvalue weighted by Gasteiger charge is 2.08. The van der Waals surface area contributed by atoms with Crippen LogP contribution in [0.3, 0.4) is 0 Å². The van der Waals surface area contributed by atoms with Crippen molar-refractivity contribution in [2.75, 3.05) is 7.11 Å². The molecule has 0 amide bonds. The Morgan fingerprint density at radius 1 is 1.38 bits per heavy atom. The zero-order chi connectivity index (χ0) is 11.7. The topological polar surface area (TPSA) is 39.2 Å². The van der Waals surface area contributed by atoms with E-state index in [2.05, 4.69) is 25.7 Å². The molecule has 2 rings (SSSR count). The third-order valence-electron chi connectivity index (χ3n) is 2.30. The monoisotopic (exact) mass is 279 g/mol. The zero-order valence-corrected chi connectivity index (χ0v) is 10.5. The quantitative estimate of drug-likeness (QED) is 0.753. The first kappa shape index (κ1) is 11.1. The number of pyridine rings is 1. The second-order valence-corrected chi connectivity index (χ2v) is 4.39. The van der Waals surface area contributed by atoms with Crippen LogP contribution in [-0.4, -0.2) is 18.1 Å². The van der Waals surface area contributed by atoms with Crippen LogP contribution >= 0.6 is 15.9 Å². The van der Waals surface area contributed by atoms with Crippen molar-refractivity contribution in [2.45, 2.75) is 6.92 Å². The van der Waals surface area contributed by atoms with Crippen LogP contribution in [0.2, 0.25) is 0 Å². The Morgan fingerprint density at radius 2 is 2.12 bits per heavy atom. The number of benzene rings is 1. The molecule has 0 bridgehead atoms. The molecule has 4 heteroatoms. The number of ether oxygens (including phenoxy) is 1. The van der Waals surface area contributed by atoms with E-state index in [1.165, 1.54) is 13.3 Å². The lowest BCUT2D eigenvalue weighted by molar-refractivity contribution is 0.0600. The molecule has 0 fully saturated rings. The highest BCUT2D eigenvalue weighted by atomic mass is 79.9. The first-order valence-electron chi connectivity index (χ1n) is 4.76. The Morgan fingerprint density at radius 3 is 2.81 bits per heavy atom. The third kappa shape index (κ3) is 1.93. The number of fused-ring (bicyclic) bond motifs is 1. The number of esters is 1. The van der Waals surface area contributed by atoms with Crippen molar-refractivity contribution >= 4 is 32.8 Å². The fourth-order valence-electron chi connectivity index (χ4n) is 1.58. The molecule has 1 aromatic carbocycles. The lowest BCUT2D eigenvalue weighted by Crippen LogP contribution is -2.01. The van der Waals surface area contributed by atoms with Crippen LogP contribution in [0.15, 0.2) is 28.9 Å². The molecule has 3 nitrogen and oxygen atoms in total. The van der Waals surface area contributed by atoms with E-state index in [4.69, 9.17) is 0 Å². The van der Waals surface area contributed by atoms with Crippen LogP contribution in [0, 0.1) is 6.92 Å². The maximum Gasteiger partial charge on any atom is 0.339 e. The molecule has 0 aliphatic heterocycles. The number of aromatic nitrogens is 1. The second kappa shape index (κ2) is 4.22. The zero-order valence-electron chi connectivity index (χ0n) is 8.95. The van der Waals surface area contributed by atoms with Gasteiger partial charge in [-0.05, 0) is 46.6 Å². The summed E-state index contributed by atoms with van der Waals surface area (Å²) < 4.78 is 5.58. The minimum absolute atomic E-state index is 0.368. The van der Waals surface area contributed by atoms with Crippen LogP contribution in [-0.2, 0) is 4.74 Å². The van der Waals surface area contributed by atoms with E-state index >= 15 is 0 Å². The molecule has 0 spiro atoms. The number of carbonyl (C=O) groups excluding carboxylic acids is 1. The number of aryl methyl sites for hydroxylation is 1. The summed E-state index contributed by atoms with van der Waals surface area (Å²) in [6, 6.07) is 5.76. The molecule has 0 saturated heterocycles. The van der Waals surface area contributed by atoms with Gasteiger partial charge in [0, 0.05) is 16.1 Å². The largest absolute Gasteiger partial charge is 0.465 e. The molecule has 0 aliphatic rings. The standard InChI is InChI=1S/C12H10BrNO2/c1-7-3-8-5-9(12(15)16-2)6-14-11(8)10(13)4-7/h3-6H,1-2H3. The molecule has 82 valence electrons. The van der Waals surface area contributed by atoms with Crippen LogP contribution in [0.1, 0.15) is 15.9 Å². The molecular formula is C12H10BrNO2. The average molecular weight is 280 g/mol. The highest BCUT2D eigenvalue weighted by molar-refractivity contribution is 9.10. The van der Waals surface area contributed by atoms with Gasteiger partial charge in [0.2, 0.25) is 0 Å². The highest BCUT2D eigenvalue weighted by Crippen LogP contribution is 2.24. The number of nitrogens with zero attached hydrogens (tertiary/aromatic N) is 1. The lowest BCUT2D eigenvalue weighted by Gasteiger charge is -2.04. The molecule has 0 unspecified atom stereocenters. The van der Waals surface area contributed by atoms with Crippen LogP contribution < -0.4 is 0 Å². The van der Waals surface area contributed by atoms with Crippen molar-refractivity contribution in [3.05, 3.63) is 40.0 Å². The Kier molecular flexibility index (Phi) is 2.92. The molecule has 2 aromatic rings. The fraction of sp³-hybridized carbons (Fsp3) is 0.167. The molecule has 16 heavy (non-hydrogen) atoms. The van der Waals surface area contributed by atoms with E-state index in [1.54, 1.807) is 6.07 Å². The molecule has 1 aromatic heterocycles. The van der Waals surface area contributed by atoms with Crippen molar-refractivity contribution in [1.29, 1.82) is 0 Å². The van der Waals surface area contributed by atoms with Crippen LogP contribution in [0.25, 0.3) is 10.9 Å². The number of hydrogen-bond donors (Lipinski definition) is 0. The van der Waals surface area contributed by atoms with Crippen molar-refractivity contribution in [2.24, 2.45) is 0 Å². The normalized spacial score (nSPS) is 10.4. The molecule has 0 N–H and O–H groups in total. The van der Waals surface area contributed by atoms with Crippen molar-refractivity contribution < 1.29 is 9.53 Å². The summed E-state index contributed by atoms with van der Waals surface area (Å²) in [6.07, 6.45) is 1.52. The summed E-state index contributed by atoms with van der Waals surface area (Å²) in [5.74, 6) is -0.368. The predicted molar refractivity (Wildman–Crippen MR) is 65.5 cm³/mol. The van der Waals surface area contributed by atoms with Gasteiger partial charge < -0.3 is 4.74 Å². The first-order chi connectivity index (χ1) is 7.61. The Labute approximate surface area is 102 Å².